The highest BCUT2D eigenvalue weighted by Gasteiger charge is 2.13. The predicted molar refractivity (Wildman–Crippen MR) is 93.9 cm³/mol. The van der Waals surface area contributed by atoms with Crippen LogP contribution < -0.4 is 10.0 Å². The highest BCUT2D eigenvalue weighted by molar-refractivity contribution is 7.90. The number of likely N-dealkylation sites (N-methyl/N-ethyl adjacent to an activating group) is 1. The minimum Gasteiger partial charge on any atom is -0.378 e. The number of nitrogens with one attached hydrogen (secondary N) is 2. The summed E-state index contributed by atoms with van der Waals surface area (Å²) in [5.41, 5.74) is 0. The first-order chi connectivity index (χ1) is 11.5. The molecule has 0 aromatic carbocycles. The van der Waals surface area contributed by atoms with Crippen LogP contribution in [0.15, 0.2) is 0 Å². The molecule has 0 aromatic rings. The molecular formula is C15H34N2O6S. The van der Waals surface area contributed by atoms with E-state index in [1.807, 2.05) is 0 Å². The van der Waals surface area contributed by atoms with Crippen LogP contribution in [0.4, 0.5) is 0 Å². The predicted octanol–water partition coefficient (Wildman–Crippen LogP) is -0.00990. The van der Waals surface area contributed by atoms with Crippen LogP contribution in [0.3, 0.4) is 0 Å². The first-order valence-corrected chi connectivity index (χ1v) is 10.1. The normalized spacial score (nSPS) is 12.2. The van der Waals surface area contributed by atoms with Crippen molar-refractivity contribution in [2.75, 3.05) is 72.5 Å². The van der Waals surface area contributed by atoms with Gasteiger partial charge in [0.15, 0.2) is 0 Å². The smallest absolute Gasteiger partial charge is 0.214 e. The van der Waals surface area contributed by atoms with Crippen LogP contribution in [0.1, 0.15) is 20.8 Å². The van der Waals surface area contributed by atoms with E-state index in [9.17, 15) is 8.42 Å². The van der Waals surface area contributed by atoms with E-state index in [1.54, 1.807) is 13.8 Å². The van der Waals surface area contributed by atoms with Gasteiger partial charge in [-0.25, -0.2) is 13.1 Å². The standard InChI is InChI=1S/C15H34N2O6S/c1-4-16-5-7-20-9-11-22-13-14-23-12-10-21-8-6-17-24(18,19)15(2)3/h15-17H,4-14H2,1-3H3. The lowest BCUT2D eigenvalue weighted by atomic mass is 10.6. The Morgan fingerprint density at radius 1 is 0.750 bits per heavy atom. The van der Waals surface area contributed by atoms with Gasteiger partial charge in [0.1, 0.15) is 0 Å². The van der Waals surface area contributed by atoms with Crippen molar-refractivity contribution in [1.29, 1.82) is 0 Å². The SMILES string of the molecule is CCNCCOCCOCCOCCOCCNS(=O)(=O)C(C)C. The van der Waals surface area contributed by atoms with Crippen LogP contribution in [-0.2, 0) is 29.0 Å². The molecule has 0 aromatic heterocycles. The third-order valence-corrected chi connectivity index (χ3v) is 4.81. The summed E-state index contributed by atoms with van der Waals surface area (Å²) in [5.74, 6) is 0. The number of sulfonamides is 1. The Balaban J connectivity index is 3.16. The van der Waals surface area contributed by atoms with Crippen LogP contribution >= 0.6 is 0 Å². The number of ether oxygens (including phenoxy) is 4. The fraction of sp³-hybridized carbons (Fsp3) is 1.00. The Hall–Kier alpha value is -0.290. The zero-order valence-electron chi connectivity index (χ0n) is 15.2. The summed E-state index contributed by atoms with van der Waals surface area (Å²) in [6.07, 6.45) is 0. The third kappa shape index (κ3) is 15.3. The van der Waals surface area contributed by atoms with Gasteiger partial charge in [0, 0.05) is 13.1 Å². The van der Waals surface area contributed by atoms with E-state index in [1.165, 1.54) is 0 Å². The third-order valence-electron chi connectivity index (χ3n) is 2.96. The minimum atomic E-state index is -3.21. The van der Waals surface area contributed by atoms with Gasteiger partial charge in [0.25, 0.3) is 0 Å². The molecule has 0 aliphatic carbocycles. The highest BCUT2D eigenvalue weighted by Crippen LogP contribution is 1.94. The quantitative estimate of drug-likeness (QED) is 0.328. The summed E-state index contributed by atoms with van der Waals surface area (Å²) in [6.45, 7) is 11.5. The average molecular weight is 371 g/mol. The van der Waals surface area contributed by atoms with Gasteiger partial charge in [-0.1, -0.05) is 6.92 Å². The Bertz CT molecular complexity index is 365. The van der Waals surface area contributed by atoms with Gasteiger partial charge in [-0.2, -0.15) is 0 Å². The molecular weight excluding hydrogens is 336 g/mol. The van der Waals surface area contributed by atoms with Crippen molar-refractivity contribution in [3.8, 4) is 0 Å². The van der Waals surface area contributed by atoms with Crippen LogP contribution in [-0.4, -0.2) is 86.2 Å². The molecule has 0 bridgehead atoms. The minimum absolute atomic E-state index is 0.275. The van der Waals surface area contributed by atoms with Crippen molar-refractivity contribution >= 4 is 10.0 Å². The Morgan fingerprint density at radius 3 is 1.58 bits per heavy atom. The molecule has 0 radical (unpaired) electrons. The molecule has 0 saturated carbocycles. The van der Waals surface area contributed by atoms with Gasteiger partial charge in [-0.3, -0.25) is 0 Å². The Labute approximate surface area is 146 Å². The van der Waals surface area contributed by atoms with Crippen molar-refractivity contribution in [3.63, 3.8) is 0 Å². The first-order valence-electron chi connectivity index (χ1n) is 8.51. The maximum atomic E-state index is 11.5. The molecule has 0 aliphatic rings. The first kappa shape index (κ1) is 23.7. The second kappa shape index (κ2) is 16.2. The highest BCUT2D eigenvalue weighted by atomic mass is 32.2. The summed E-state index contributed by atoms with van der Waals surface area (Å²) in [4.78, 5) is 0. The second-order valence-electron chi connectivity index (χ2n) is 5.29. The molecule has 0 amide bonds. The molecule has 24 heavy (non-hydrogen) atoms. The molecule has 0 saturated heterocycles. The van der Waals surface area contributed by atoms with Crippen molar-refractivity contribution in [3.05, 3.63) is 0 Å². The fourth-order valence-electron chi connectivity index (χ4n) is 1.51. The van der Waals surface area contributed by atoms with Crippen molar-refractivity contribution < 1.29 is 27.4 Å². The van der Waals surface area contributed by atoms with Crippen molar-refractivity contribution in [2.45, 2.75) is 26.0 Å². The van der Waals surface area contributed by atoms with E-state index >= 15 is 0 Å². The van der Waals surface area contributed by atoms with Gasteiger partial charge >= 0.3 is 0 Å². The Kier molecular flexibility index (Phi) is 16.0. The summed E-state index contributed by atoms with van der Waals surface area (Å²) in [5, 5.41) is 2.74. The van der Waals surface area contributed by atoms with Crippen molar-refractivity contribution in [1.82, 2.24) is 10.0 Å². The van der Waals surface area contributed by atoms with E-state index in [-0.39, 0.29) is 6.54 Å². The maximum absolute atomic E-state index is 11.5. The van der Waals surface area contributed by atoms with E-state index in [0.717, 1.165) is 13.1 Å². The lowest BCUT2D eigenvalue weighted by Gasteiger charge is -2.10. The van der Waals surface area contributed by atoms with Crippen LogP contribution in [0.25, 0.3) is 0 Å². The van der Waals surface area contributed by atoms with E-state index in [4.69, 9.17) is 18.9 Å². The molecule has 146 valence electrons. The van der Waals surface area contributed by atoms with Gasteiger partial charge in [0.2, 0.25) is 10.0 Å². The van der Waals surface area contributed by atoms with E-state index in [0.29, 0.717) is 52.9 Å². The Morgan fingerprint density at radius 2 is 1.17 bits per heavy atom. The lowest BCUT2D eigenvalue weighted by molar-refractivity contribution is -0.000786. The molecule has 0 aliphatic heterocycles. The fourth-order valence-corrected chi connectivity index (χ4v) is 2.21. The maximum Gasteiger partial charge on any atom is 0.214 e. The van der Waals surface area contributed by atoms with Gasteiger partial charge in [0.05, 0.1) is 58.1 Å². The van der Waals surface area contributed by atoms with Crippen molar-refractivity contribution in [2.24, 2.45) is 0 Å². The molecule has 0 atom stereocenters. The van der Waals surface area contributed by atoms with Crippen LogP contribution in [0, 0.1) is 0 Å². The lowest BCUT2D eigenvalue weighted by Crippen LogP contribution is -2.33. The van der Waals surface area contributed by atoms with Crippen LogP contribution in [0.2, 0.25) is 0 Å². The van der Waals surface area contributed by atoms with Crippen LogP contribution in [0.5, 0.6) is 0 Å². The molecule has 0 heterocycles. The van der Waals surface area contributed by atoms with Gasteiger partial charge < -0.3 is 24.3 Å². The summed E-state index contributed by atoms with van der Waals surface area (Å²) in [6, 6.07) is 0. The molecule has 0 fully saturated rings. The van der Waals surface area contributed by atoms with E-state index < -0.39 is 15.3 Å². The molecule has 2 N–H and O–H groups in total. The number of rotatable bonds is 18. The second-order valence-corrected chi connectivity index (χ2v) is 7.61. The topological polar surface area (TPSA) is 95.1 Å². The monoisotopic (exact) mass is 370 g/mol. The number of hydrogen-bond acceptors (Lipinski definition) is 7. The molecule has 0 spiro atoms. The molecule has 8 nitrogen and oxygen atoms in total. The molecule has 0 rings (SSSR count). The van der Waals surface area contributed by atoms with Gasteiger partial charge in [-0.05, 0) is 20.4 Å². The summed E-state index contributed by atoms with van der Waals surface area (Å²) in [7, 11) is -3.21. The average Bonchev–Trinajstić information content (AvgIpc) is 2.54. The zero-order valence-corrected chi connectivity index (χ0v) is 16.0. The largest absolute Gasteiger partial charge is 0.378 e. The summed E-state index contributed by atoms with van der Waals surface area (Å²) >= 11 is 0. The summed E-state index contributed by atoms with van der Waals surface area (Å²) < 4.78 is 46.7. The number of hydrogen-bond donors (Lipinski definition) is 2. The molecule has 9 heteroatoms. The molecule has 0 unspecified atom stereocenters. The van der Waals surface area contributed by atoms with Gasteiger partial charge in [-0.15, -0.1) is 0 Å². The zero-order chi connectivity index (χ0) is 18.1. The van der Waals surface area contributed by atoms with E-state index in [2.05, 4.69) is 17.0 Å².